The van der Waals surface area contributed by atoms with Gasteiger partial charge in [0, 0.05) is 5.56 Å². The molecule has 0 spiro atoms. The first-order valence-electron chi connectivity index (χ1n) is 6.46. The van der Waals surface area contributed by atoms with E-state index in [1.165, 1.54) is 0 Å². The number of benzene rings is 2. The molecule has 0 saturated carbocycles. The van der Waals surface area contributed by atoms with E-state index in [9.17, 15) is 13.2 Å². The van der Waals surface area contributed by atoms with E-state index in [1.54, 1.807) is 12.1 Å². The van der Waals surface area contributed by atoms with Crippen molar-refractivity contribution in [2.75, 3.05) is 6.61 Å². The molecule has 0 fully saturated rings. The highest BCUT2D eigenvalue weighted by Gasteiger charge is 2.20. The summed E-state index contributed by atoms with van der Waals surface area (Å²) in [6.07, 6.45) is 0. The molecule has 0 aromatic heterocycles. The molecule has 2 aromatic carbocycles. The Morgan fingerprint density at radius 3 is 2.29 bits per heavy atom. The molecule has 1 nitrogen and oxygen atoms in total. The van der Waals surface area contributed by atoms with Gasteiger partial charge >= 0.3 is 0 Å². The Kier molecular flexibility index (Phi) is 4.78. The molecule has 21 heavy (non-hydrogen) atoms. The number of halogens is 4. The summed E-state index contributed by atoms with van der Waals surface area (Å²) in [4.78, 5) is 0. The minimum atomic E-state index is -1.50. The van der Waals surface area contributed by atoms with E-state index in [4.69, 9.17) is 16.3 Å². The predicted octanol–water partition coefficient (Wildman–Crippen LogP) is 5.14. The van der Waals surface area contributed by atoms with Gasteiger partial charge in [0.2, 0.25) is 0 Å². The highest BCUT2D eigenvalue weighted by molar-refractivity contribution is 6.22. The van der Waals surface area contributed by atoms with Gasteiger partial charge in [0.15, 0.2) is 17.5 Å². The molecule has 0 aliphatic rings. The van der Waals surface area contributed by atoms with Crippen LogP contribution in [-0.2, 0) is 0 Å². The first-order valence-corrected chi connectivity index (χ1v) is 6.89. The molecule has 0 bridgehead atoms. The Hall–Kier alpha value is -1.68. The highest BCUT2D eigenvalue weighted by Crippen LogP contribution is 2.36. The third kappa shape index (κ3) is 3.32. The topological polar surface area (TPSA) is 9.23 Å². The van der Waals surface area contributed by atoms with E-state index in [2.05, 4.69) is 0 Å². The third-order valence-electron chi connectivity index (χ3n) is 3.04. The van der Waals surface area contributed by atoms with Crippen molar-refractivity contribution in [2.45, 2.75) is 19.2 Å². The molecule has 5 heteroatoms. The molecular weight excluding hydrogens is 301 g/mol. The number of hydrogen-bond donors (Lipinski definition) is 0. The molecular formula is C16H14ClF3O. The van der Waals surface area contributed by atoms with Crippen molar-refractivity contribution in [3.63, 3.8) is 0 Å². The van der Waals surface area contributed by atoms with Crippen LogP contribution >= 0.6 is 11.6 Å². The maximum Gasteiger partial charge on any atom is 0.194 e. The van der Waals surface area contributed by atoms with Crippen LogP contribution in [0.25, 0.3) is 0 Å². The van der Waals surface area contributed by atoms with Crippen LogP contribution in [0.1, 0.15) is 29.0 Å². The normalized spacial score (nSPS) is 12.3. The zero-order chi connectivity index (χ0) is 15.6. The molecule has 0 amide bonds. The lowest BCUT2D eigenvalue weighted by Crippen LogP contribution is -2.03. The highest BCUT2D eigenvalue weighted by atomic mass is 35.5. The fraction of sp³-hybridized carbons (Fsp3) is 0.250. The quantitative estimate of drug-likeness (QED) is 0.561. The standard InChI is InChI=1S/C16H14ClF3O/c1-3-21-14-5-4-9(2)6-11(14)15(17)10-7-12(18)16(20)13(19)8-10/h4-8,15H,3H2,1-2H3. The van der Waals surface area contributed by atoms with Crippen molar-refractivity contribution in [3.8, 4) is 5.75 Å². The second-order valence-electron chi connectivity index (χ2n) is 4.64. The molecule has 2 rings (SSSR count). The molecule has 112 valence electrons. The SMILES string of the molecule is CCOc1ccc(C)cc1C(Cl)c1cc(F)c(F)c(F)c1. The number of rotatable bonds is 4. The van der Waals surface area contributed by atoms with E-state index in [-0.39, 0.29) is 5.56 Å². The predicted molar refractivity (Wildman–Crippen MR) is 76.4 cm³/mol. The van der Waals surface area contributed by atoms with Gasteiger partial charge < -0.3 is 4.74 Å². The summed E-state index contributed by atoms with van der Waals surface area (Å²) in [6.45, 7) is 4.13. The number of alkyl halides is 1. The average molecular weight is 315 g/mol. The summed E-state index contributed by atoms with van der Waals surface area (Å²) >= 11 is 6.30. The third-order valence-corrected chi connectivity index (χ3v) is 3.52. The summed E-state index contributed by atoms with van der Waals surface area (Å²) in [5.74, 6) is -3.49. The molecule has 0 saturated heterocycles. The Morgan fingerprint density at radius 2 is 1.71 bits per heavy atom. The van der Waals surface area contributed by atoms with Gasteiger partial charge in [-0.1, -0.05) is 17.7 Å². The van der Waals surface area contributed by atoms with Crippen LogP contribution in [0.3, 0.4) is 0 Å². The van der Waals surface area contributed by atoms with Crippen LogP contribution in [-0.4, -0.2) is 6.61 Å². The van der Waals surface area contributed by atoms with Crippen molar-refractivity contribution in [1.82, 2.24) is 0 Å². The first kappa shape index (κ1) is 15.7. The average Bonchev–Trinajstić information content (AvgIpc) is 2.45. The Morgan fingerprint density at radius 1 is 1.10 bits per heavy atom. The van der Waals surface area contributed by atoms with Crippen LogP contribution in [0.4, 0.5) is 13.2 Å². The number of hydrogen-bond acceptors (Lipinski definition) is 1. The number of aryl methyl sites for hydroxylation is 1. The molecule has 0 heterocycles. The van der Waals surface area contributed by atoms with Gasteiger partial charge in [0.25, 0.3) is 0 Å². The zero-order valence-electron chi connectivity index (χ0n) is 11.6. The van der Waals surface area contributed by atoms with Crippen molar-refractivity contribution in [2.24, 2.45) is 0 Å². The van der Waals surface area contributed by atoms with Crippen molar-refractivity contribution < 1.29 is 17.9 Å². The van der Waals surface area contributed by atoms with Crippen molar-refractivity contribution >= 4 is 11.6 Å². The Labute approximate surface area is 126 Å². The van der Waals surface area contributed by atoms with Gasteiger partial charge in [-0.15, -0.1) is 11.6 Å². The smallest absolute Gasteiger partial charge is 0.194 e. The van der Waals surface area contributed by atoms with Crippen LogP contribution in [0, 0.1) is 24.4 Å². The molecule has 0 aliphatic carbocycles. The Balaban J connectivity index is 2.48. The second-order valence-corrected chi connectivity index (χ2v) is 5.07. The minimum Gasteiger partial charge on any atom is -0.494 e. The molecule has 0 aliphatic heterocycles. The summed E-state index contributed by atoms with van der Waals surface area (Å²) in [6, 6.07) is 7.17. The lowest BCUT2D eigenvalue weighted by atomic mass is 10.0. The van der Waals surface area contributed by atoms with Crippen LogP contribution < -0.4 is 4.74 Å². The molecule has 2 aromatic rings. The largest absolute Gasteiger partial charge is 0.494 e. The van der Waals surface area contributed by atoms with Crippen molar-refractivity contribution in [3.05, 3.63) is 64.5 Å². The first-order chi connectivity index (χ1) is 9.93. The van der Waals surface area contributed by atoms with Gasteiger partial charge in [-0.2, -0.15) is 0 Å². The van der Waals surface area contributed by atoms with E-state index in [0.29, 0.717) is 17.9 Å². The van der Waals surface area contributed by atoms with Crippen LogP contribution in [0.5, 0.6) is 5.75 Å². The maximum absolute atomic E-state index is 13.3. The molecule has 1 atom stereocenters. The Bertz CT molecular complexity index is 635. The second kappa shape index (κ2) is 6.39. The maximum atomic E-state index is 13.3. The fourth-order valence-electron chi connectivity index (χ4n) is 2.05. The fourth-order valence-corrected chi connectivity index (χ4v) is 2.35. The van der Waals surface area contributed by atoms with Gasteiger partial charge in [0.05, 0.1) is 12.0 Å². The van der Waals surface area contributed by atoms with E-state index in [1.807, 2.05) is 19.9 Å². The van der Waals surface area contributed by atoms with Crippen LogP contribution in [0.2, 0.25) is 0 Å². The van der Waals surface area contributed by atoms with E-state index >= 15 is 0 Å². The monoisotopic (exact) mass is 314 g/mol. The summed E-state index contributed by atoms with van der Waals surface area (Å²) in [5.41, 5.74) is 1.66. The van der Waals surface area contributed by atoms with E-state index in [0.717, 1.165) is 17.7 Å². The lowest BCUT2D eigenvalue weighted by molar-refractivity contribution is 0.336. The molecule has 0 radical (unpaired) electrons. The lowest BCUT2D eigenvalue weighted by Gasteiger charge is -2.16. The van der Waals surface area contributed by atoms with Crippen molar-refractivity contribution in [1.29, 1.82) is 0 Å². The summed E-state index contributed by atoms with van der Waals surface area (Å²) in [7, 11) is 0. The van der Waals surface area contributed by atoms with Gasteiger partial charge in [-0.25, -0.2) is 13.2 Å². The zero-order valence-corrected chi connectivity index (χ0v) is 12.3. The summed E-state index contributed by atoms with van der Waals surface area (Å²) < 4.78 is 45.2. The molecule has 0 N–H and O–H groups in total. The minimum absolute atomic E-state index is 0.139. The van der Waals surface area contributed by atoms with Gasteiger partial charge in [-0.05, 0) is 37.6 Å². The van der Waals surface area contributed by atoms with Crippen LogP contribution in [0.15, 0.2) is 30.3 Å². The van der Waals surface area contributed by atoms with Gasteiger partial charge in [-0.3, -0.25) is 0 Å². The van der Waals surface area contributed by atoms with Gasteiger partial charge in [0.1, 0.15) is 5.75 Å². The summed E-state index contributed by atoms with van der Waals surface area (Å²) in [5, 5.41) is -0.837. The molecule has 1 unspecified atom stereocenters. The number of ether oxygens (including phenoxy) is 1. The van der Waals surface area contributed by atoms with E-state index < -0.39 is 22.8 Å².